The number of aryl methyl sites for hydroxylation is 1. The van der Waals surface area contributed by atoms with Gasteiger partial charge >= 0.3 is 0 Å². The molecule has 1 aromatic heterocycles. The molecule has 2 atom stereocenters. The third-order valence-corrected chi connectivity index (χ3v) is 6.06. The molecule has 1 saturated carbocycles. The minimum Gasteiger partial charge on any atom is -0.389 e. The van der Waals surface area contributed by atoms with Gasteiger partial charge in [0, 0.05) is 6.26 Å². The first kappa shape index (κ1) is 13.1. The fourth-order valence-corrected chi connectivity index (χ4v) is 5.05. The molecule has 96 valence electrons. The summed E-state index contributed by atoms with van der Waals surface area (Å²) in [6, 6.07) is 2.03. The van der Waals surface area contributed by atoms with Gasteiger partial charge in [-0.3, -0.25) is 0 Å². The standard InChI is InChI=1S/C12H18O3S2/c1-17(14,15)11-3-2-6-12(11,13)7-4-10-5-8-16-9-10/h5,8-9,11,13H,2-4,6-7H2,1H3. The maximum atomic E-state index is 11.7. The van der Waals surface area contributed by atoms with E-state index in [4.69, 9.17) is 0 Å². The Bertz CT molecular complexity index is 464. The summed E-state index contributed by atoms with van der Waals surface area (Å²) in [5, 5.41) is 14.0. The molecule has 0 aliphatic heterocycles. The molecule has 1 heterocycles. The summed E-state index contributed by atoms with van der Waals surface area (Å²) in [7, 11) is -3.15. The molecule has 1 fully saturated rings. The van der Waals surface area contributed by atoms with Gasteiger partial charge in [0.15, 0.2) is 9.84 Å². The van der Waals surface area contributed by atoms with Gasteiger partial charge in [-0.05, 0) is 54.5 Å². The van der Waals surface area contributed by atoms with Gasteiger partial charge in [-0.1, -0.05) is 0 Å². The van der Waals surface area contributed by atoms with Crippen LogP contribution in [-0.2, 0) is 16.3 Å². The van der Waals surface area contributed by atoms with E-state index in [0.29, 0.717) is 19.3 Å². The lowest BCUT2D eigenvalue weighted by atomic mass is 9.94. The molecule has 3 nitrogen and oxygen atoms in total. The van der Waals surface area contributed by atoms with Crippen LogP contribution in [0.4, 0.5) is 0 Å². The smallest absolute Gasteiger partial charge is 0.153 e. The van der Waals surface area contributed by atoms with Crippen LogP contribution >= 0.6 is 11.3 Å². The monoisotopic (exact) mass is 274 g/mol. The van der Waals surface area contributed by atoms with E-state index in [1.807, 2.05) is 16.8 Å². The van der Waals surface area contributed by atoms with Gasteiger partial charge in [0.25, 0.3) is 0 Å². The van der Waals surface area contributed by atoms with Crippen molar-refractivity contribution in [2.45, 2.75) is 43.0 Å². The number of sulfone groups is 1. The molecule has 1 aliphatic rings. The lowest BCUT2D eigenvalue weighted by Crippen LogP contribution is -2.42. The Morgan fingerprint density at radius 2 is 2.35 bits per heavy atom. The molecule has 0 spiro atoms. The zero-order chi connectivity index (χ0) is 12.5. The maximum Gasteiger partial charge on any atom is 0.153 e. The molecule has 0 saturated heterocycles. The summed E-state index contributed by atoms with van der Waals surface area (Å²) >= 11 is 1.63. The van der Waals surface area contributed by atoms with Crippen LogP contribution < -0.4 is 0 Å². The molecule has 1 aromatic rings. The number of aliphatic hydroxyl groups is 1. The first-order chi connectivity index (χ1) is 7.92. The van der Waals surface area contributed by atoms with E-state index < -0.39 is 20.7 Å². The van der Waals surface area contributed by atoms with E-state index in [-0.39, 0.29) is 0 Å². The number of hydrogen-bond acceptors (Lipinski definition) is 4. The van der Waals surface area contributed by atoms with Gasteiger partial charge in [0.2, 0.25) is 0 Å². The van der Waals surface area contributed by atoms with Crippen molar-refractivity contribution in [2.75, 3.05) is 6.26 Å². The third kappa shape index (κ3) is 2.89. The predicted molar refractivity (Wildman–Crippen MR) is 70.1 cm³/mol. The fourth-order valence-electron chi connectivity index (χ4n) is 2.72. The van der Waals surface area contributed by atoms with E-state index in [0.717, 1.165) is 12.8 Å². The highest BCUT2D eigenvalue weighted by Gasteiger charge is 2.46. The average Bonchev–Trinajstić information content (AvgIpc) is 2.82. The van der Waals surface area contributed by atoms with Crippen molar-refractivity contribution in [3.8, 4) is 0 Å². The Morgan fingerprint density at radius 3 is 2.94 bits per heavy atom. The quantitative estimate of drug-likeness (QED) is 0.913. The zero-order valence-electron chi connectivity index (χ0n) is 9.93. The molecule has 0 amide bonds. The summed E-state index contributed by atoms with van der Waals surface area (Å²) in [5.41, 5.74) is 0.165. The van der Waals surface area contributed by atoms with Gasteiger partial charge in [-0.25, -0.2) is 8.42 Å². The topological polar surface area (TPSA) is 54.4 Å². The van der Waals surface area contributed by atoms with Gasteiger partial charge in [0.05, 0.1) is 10.9 Å². The first-order valence-electron chi connectivity index (χ1n) is 5.84. The van der Waals surface area contributed by atoms with E-state index in [1.165, 1.54) is 11.8 Å². The SMILES string of the molecule is CS(=O)(=O)C1CCCC1(O)CCc1ccsc1. The third-order valence-electron chi connectivity index (χ3n) is 3.62. The fraction of sp³-hybridized carbons (Fsp3) is 0.667. The van der Waals surface area contributed by atoms with Crippen LogP contribution in [0.3, 0.4) is 0 Å². The molecule has 2 unspecified atom stereocenters. The van der Waals surface area contributed by atoms with Crippen molar-refractivity contribution in [3.05, 3.63) is 22.4 Å². The molecule has 5 heteroatoms. The van der Waals surface area contributed by atoms with Crippen molar-refractivity contribution in [2.24, 2.45) is 0 Å². The lowest BCUT2D eigenvalue weighted by molar-refractivity contribution is 0.0422. The molecule has 0 aromatic carbocycles. The Morgan fingerprint density at radius 1 is 1.59 bits per heavy atom. The van der Waals surface area contributed by atoms with Crippen LogP contribution in [0, 0.1) is 0 Å². The van der Waals surface area contributed by atoms with E-state index in [2.05, 4.69) is 0 Å². The van der Waals surface area contributed by atoms with Crippen LogP contribution in [0.1, 0.15) is 31.2 Å². The van der Waals surface area contributed by atoms with Crippen molar-refractivity contribution < 1.29 is 13.5 Å². The molecule has 1 aliphatic carbocycles. The predicted octanol–water partition coefficient (Wildman–Crippen LogP) is 2.01. The highest BCUT2D eigenvalue weighted by Crippen LogP contribution is 2.38. The second kappa shape index (κ2) is 4.71. The zero-order valence-corrected chi connectivity index (χ0v) is 11.6. The molecule has 2 rings (SSSR count). The molecular formula is C12H18O3S2. The second-order valence-electron chi connectivity index (χ2n) is 4.95. The maximum absolute atomic E-state index is 11.7. The van der Waals surface area contributed by atoms with Gasteiger partial charge in [-0.2, -0.15) is 11.3 Å². The van der Waals surface area contributed by atoms with Crippen molar-refractivity contribution in [1.29, 1.82) is 0 Å². The van der Waals surface area contributed by atoms with E-state index in [9.17, 15) is 13.5 Å². The van der Waals surface area contributed by atoms with Crippen LogP contribution in [0.2, 0.25) is 0 Å². The minimum atomic E-state index is -3.15. The summed E-state index contributed by atoms with van der Waals surface area (Å²) in [6.07, 6.45) is 4.54. The molecular weight excluding hydrogens is 256 g/mol. The van der Waals surface area contributed by atoms with Gasteiger partial charge in [-0.15, -0.1) is 0 Å². The summed E-state index contributed by atoms with van der Waals surface area (Å²) in [4.78, 5) is 0. The van der Waals surface area contributed by atoms with Crippen LogP contribution in [0.25, 0.3) is 0 Å². The highest BCUT2D eigenvalue weighted by molar-refractivity contribution is 7.91. The average molecular weight is 274 g/mol. The molecule has 1 N–H and O–H groups in total. The van der Waals surface area contributed by atoms with Gasteiger partial charge in [0.1, 0.15) is 0 Å². The largest absolute Gasteiger partial charge is 0.389 e. The summed E-state index contributed by atoms with van der Waals surface area (Å²) in [5.74, 6) is 0. The van der Waals surface area contributed by atoms with Gasteiger partial charge < -0.3 is 5.11 Å². The molecule has 0 bridgehead atoms. The Hall–Kier alpha value is -0.390. The van der Waals surface area contributed by atoms with Crippen molar-refractivity contribution in [3.63, 3.8) is 0 Å². The van der Waals surface area contributed by atoms with E-state index in [1.54, 1.807) is 11.3 Å². The number of thiophene rings is 1. The minimum absolute atomic E-state index is 0.543. The lowest BCUT2D eigenvalue weighted by Gasteiger charge is -2.28. The molecule has 0 radical (unpaired) electrons. The highest BCUT2D eigenvalue weighted by atomic mass is 32.2. The molecule has 17 heavy (non-hydrogen) atoms. The van der Waals surface area contributed by atoms with Crippen LogP contribution in [-0.4, -0.2) is 30.6 Å². The summed E-state index contributed by atoms with van der Waals surface area (Å²) in [6.45, 7) is 0. The van der Waals surface area contributed by atoms with Crippen molar-refractivity contribution in [1.82, 2.24) is 0 Å². The second-order valence-corrected chi connectivity index (χ2v) is 7.95. The van der Waals surface area contributed by atoms with Crippen molar-refractivity contribution >= 4 is 21.2 Å². The first-order valence-corrected chi connectivity index (χ1v) is 8.74. The Labute approximate surface area is 106 Å². The Balaban J connectivity index is 2.07. The normalized spacial score (nSPS) is 29.6. The Kier molecular flexibility index (Phi) is 3.61. The number of hydrogen-bond donors (Lipinski definition) is 1. The van der Waals surface area contributed by atoms with Crippen LogP contribution in [0.15, 0.2) is 16.8 Å². The summed E-state index contributed by atoms with van der Waals surface area (Å²) < 4.78 is 23.3. The van der Waals surface area contributed by atoms with E-state index >= 15 is 0 Å². The van der Waals surface area contributed by atoms with Crippen LogP contribution in [0.5, 0.6) is 0 Å². The number of rotatable bonds is 4.